The van der Waals surface area contributed by atoms with Gasteiger partial charge in [-0.25, -0.2) is 9.97 Å². The van der Waals surface area contributed by atoms with Crippen molar-refractivity contribution in [3.05, 3.63) is 89.1 Å². The molecule has 1 unspecified atom stereocenters. The van der Waals surface area contributed by atoms with Crippen molar-refractivity contribution in [3.63, 3.8) is 0 Å². The van der Waals surface area contributed by atoms with Crippen LogP contribution in [0.25, 0.3) is 5.95 Å². The number of aromatic nitrogens is 4. The van der Waals surface area contributed by atoms with Crippen molar-refractivity contribution < 1.29 is 19.1 Å². The van der Waals surface area contributed by atoms with Gasteiger partial charge in [0.15, 0.2) is 11.5 Å². The Hall–Kier alpha value is -4.93. The molecule has 2 aromatic carbocycles. The van der Waals surface area contributed by atoms with Crippen molar-refractivity contribution in [1.82, 2.24) is 29.7 Å². The normalized spacial score (nSPS) is 17.2. The van der Waals surface area contributed by atoms with Crippen LogP contribution in [0, 0.1) is 6.92 Å². The van der Waals surface area contributed by atoms with Gasteiger partial charge in [-0.15, -0.1) is 0 Å². The molecule has 11 nitrogen and oxygen atoms in total. The highest BCUT2D eigenvalue weighted by Crippen LogP contribution is 2.33. The number of hydrogen-bond donors (Lipinski definition) is 1. The van der Waals surface area contributed by atoms with Crippen LogP contribution >= 0.6 is 0 Å². The number of carbonyl (C=O) groups is 2. The molecule has 1 saturated heterocycles. The summed E-state index contributed by atoms with van der Waals surface area (Å²) in [5.74, 6) is 2.24. The van der Waals surface area contributed by atoms with Gasteiger partial charge in [0.05, 0.1) is 13.0 Å². The maximum absolute atomic E-state index is 13.9. The molecule has 11 heteroatoms. The van der Waals surface area contributed by atoms with Gasteiger partial charge in [0.25, 0.3) is 0 Å². The van der Waals surface area contributed by atoms with Crippen LogP contribution in [-0.4, -0.2) is 68.7 Å². The molecule has 7 rings (SSSR count). The third-order valence-electron chi connectivity index (χ3n) is 8.32. The summed E-state index contributed by atoms with van der Waals surface area (Å²) in [6.45, 7) is 3.65. The third kappa shape index (κ3) is 5.62. The van der Waals surface area contributed by atoms with Crippen molar-refractivity contribution in [1.29, 1.82) is 0 Å². The highest BCUT2D eigenvalue weighted by atomic mass is 16.7. The molecule has 1 fully saturated rings. The van der Waals surface area contributed by atoms with Crippen LogP contribution in [0.15, 0.2) is 61.2 Å². The van der Waals surface area contributed by atoms with Crippen molar-refractivity contribution in [2.75, 3.05) is 31.3 Å². The molecular weight excluding hydrogens is 546 g/mol. The first-order chi connectivity index (χ1) is 21.0. The van der Waals surface area contributed by atoms with E-state index >= 15 is 0 Å². The van der Waals surface area contributed by atoms with E-state index in [1.165, 1.54) is 17.5 Å². The number of aryl methyl sites for hydroxylation is 3. The number of carbonyl (C=O) groups excluding carboxylic acids is 2. The highest BCUT2D eigenvalue weighted by Gasteiger charge is 2.35. The first-order valence-electron chi connectivity index (χ1n) is 14.7. The maximum atomic E-state index is 13.9. The van der Waals surface area contributed by atoms with E-state index in [1.807, 2.05) is 36.1 Å². The average molecular weight is 580 g/mol. The molecule has 4 heterocycles. The van der Waals surface area contributed by atoms with Gasteiger partial charge in [-0.1, -0.05) is 24.3 Å². The lowest BCUT2D eigenvalue weighted by Gasteiger charge is -2.41. The predicted octanol–water partition coefficient (Wildman–Crippen LogP) is 2.76. The van der Waals surface area contributed by atoms with Gasteiger partial charge in [-0.05, 0) is 60.6 Å². The molecule has 220 valence electrons. The minimum absolute atomic E-state index is 0.0482. The van der Waals surface area contributed by atoms with Gasteiger partial charge in [0.1, 0.15) is 18.2 Å². The van der Waals surface area contributed by atoms with E-state index in [0.717, 1.165) is 29.7 Å². The van der Waals surface area contributed by atoms with Crippen LogP contribution in [-0.2, 0) is 35.4 Å². The van der Waals surface area contributed by atoms with Gasteiger partial charge in [0, 0.05) is 43.8 Å². The largest absolute Gasteiger partial charge is 0.454 e. The molecule has 2 aliphatic heterocycles. The molecule has 4 aromatic rings. The first kappa shape index (κ1) is 26.9. The number of benzene rings is 2. The quantitative estimate of drug-likeness (QED) is 0.356. The van der Waals surface area contributed by atoms with E-state index in [0.29, 0.717) is 42.9 Å². The van der Waals surface area contributed by atoms with E-state index in [9.17, 15) is 9.59 Å². The lowest BCUT2D eigenvalue weighted by atomic mass is 10.1. The van der Waals surface area contributed by atoms with E-state index in [1.54, 1.807) is 28.2 Å². The van der Waals surface area contributed by atoms with Crippen LogP contribution in [0.1, 0.15) is 34.4 Å². The molecule has 0 saturated carbocycles. The fourth-order valence-electron chi connectivity index (χ4n) is 6.06. The number of nitrogens with zero attached hydrogens (tertiary/aromatic N) is 6. The predicted molar refractivity (Wildman–Crippen MR) is 158 cm³/mol. The van der Waals surface area contributed by atoms with Gasteiger partial charge in [0.2, 0.25) is 24.6 Å². The smallest absolute Gasteiger partial charge is 0.244 e. The molecule has 0 bridgehead atoms. The Morgan fingerprint density at radius 1 is 0.977 bits per heavy atom. The maximum Gasteiger partial charge on any atom is 0.244 e. The topological polar surface area (TPSA) is 115 Å². The van der Waals surface area contributed by atoms with Crippen LogP contribution in [0.4, 0.5) is 5.82 Å². The lowest BCUT2D eigenvalue weighted by Crippen LogP contribution is -2.60. The average Bonchev–Trinajstić information content (AvgIpc) is 3.81. The molecule has 0 radical (unpaired) electrons. The number of imidazole rings is 1. The standard InChI is InChI=1S/C32H33N7O4/c1-21-13-29(36-32(35-21)38-10-9-33-19-38)39-12-11-37(30(40)16-22-6-8-27-28(15-22)43-20-42-27)18-26(39)31(41)34-17-23-5-7-24-3-2-4-25(24)14-23/h5-10,13-15,19,26H,2-4,11-12,16-18,20H2,1H3,(H,34,41). The number of fused-ring (bicyclic) bond motifs is 2. The summed E-state index contributed by atoms with van der Waals surface area (Å²) >= 11 is 0. The van der Waals surface area contributed by atoms with Crippen molar-refractivity contribution >= 4 is 17.6 Å². The zero-order valence-corrected chi connectivity index (χ0v) is 24.0. The number of ether oxygens (including phenoxy) is 2. The minimum Gasteiger partial charge on any atom is -0.454 e. The van der Waals surface area contributed by atoms with Gasteiger partial charge >= 0.3 is 0 Å². The van der Waals surface area contributed by atoms with Crippen LogP contribution < -0.4 is 19.7 Å². The van der Waals surface area contributed by atoms with Crippen molar-refractivity contribution in [2.45, 2.75) is 45.2 Å². The molecule has 1 N–H and O–H groups in total. The van der Waals surface area contributed by atoms with E-state index in [2.05, 4.69) is 33.5 Å². The monoisotopic (exact) mass is 579 g/mol. The summed E-state index contributed by atoms with van der Waals surface area (Å²) in [5, 5.41) is 3.15. The number of anilines is 1. The van der Waals surface area contributed by atoms with E-state index < -0.39 is 6.04 Å². The van der Waals surface area contributed by atoms with Crippen molar-refractivity contribution in [3.8, 4) is 17.4 Å². The van der Waals surface area contributed by atoms with Gasteiger partial charge in [-0.2, -0.15) is 4.98 Å². The molecule has 0 spiro atoms. The number of rotatable bonds is 7. The molecule has 1 aliphatic carbocycles. The number of hydrogen-bond acceptors (Lipinski definition) is 8. The Kier molecular flexibility index (Phi) is 7.14. The summed E-state index contributed by atoms with van der Waals surface area (Å²) in [4.78, 5) is 44.6. The number of nitrogens with one attached hydrogen (secondary N) is 1. The van der Waals surface area contributed by atoms with Crippen molar-refractivity contribution in [2.24, 2.45) is 0 Å². The van der Waals surface area contributed by atoms with Gasteiger partial charge in [-0.3, -0.25) is 14.2 Å². The summed E-state index contributed by atoms with van der Waals surface area (Å²) in [6.07, 6.45) is 8.69. The second kappa shape index (κ2) is 11.4. The molecule has 3 aliphatic rings. The second-order valence-electron chi connectivity index (χ2n) is 11.2. The Bertz CT molecular complexity index is 1670. The Labute approximate surface area is 249 Å². The Balaban J connectivity index is 1.12. The highest BCUT2D eigenvalue weighted by molar-refractivity contribution is 5.87. The minimum atomic E-state index is -0.631. The molecule has 2 aromatic heterocycles. The Morgan fingerprint density at radius 3 is 2.72 bits per heavy atom. The summed E-state index contributed by atoms with van der Waals surface area (Å²) in [6, 6.07) is 13.3. The summed E-state index contributed by atoms with van der Waals surface area (Å²) < 4.78 is 12.6. The molecule has 1 atom stereocenters. The fraction of sp³-hybridized carbons (Fsp3) is 0.344. The number of piperazine rings is 1. The zero-order valence-electron chi connectivity index (χ0n) is 24.0. The zero-order chi connectivity index (χ0) is 29.3. The van der Waals surface area contributed by atoms with E-state index in [-0.39, 0.29) is 31.6 Å². The van der Waals surface area contributed by atoms with Gasteiger partial charge < -0.3 is 24.6 Å². The Morgan fingerprint density at radius 2 is 1.84 bits per heavy atom. The lowest BCUT2D eigenvalue weighted by molar-refractivity contribution is -0.132. The molecule has 2 amide bonds. The third-order valence-corrected chi connectivity index (χ3v) is 8.32. The van der Waals surface area contributed by atoms with Crippen LogP contribution in [0.5, 0.6) is 11.5 Å². The number of amides is 2. The summed E-state index contributed by atoms with van der Waals surface area (Å²) in [7, 11) is 0. The summed E-state index contributed by atoms with van der Waals surface area (Å²) in [5.41, 5.74) is 5.46. The SMILES string of the molecule is Cc1cc(N2CCN(C(=O)Cc3ccc4c(c3)OCO4)CC2C(=O)NCc2ccc3c(c2)CCC3)nc(-n2ccnc2)n1. The first-order valence-corrected chi connectivity index (χ1v) is 14.7. The van der Waals surface area contributed by atoms with Crippen LogP contribution in [0.2, 0.25) is 0 Å². The van der Waals surface area contributed by atoms with E-state index in [4.69, 9.17) is 14.5 Å². The molecular formula is C32H33N7O4. The second-order valence-corrected chi connectivity index (χ2v) is 11.2. The van der Waals surface area contributed by atoms with Crippen LogP contribution in [0.3, 0.4) is 0 Å². The fourth-order valence-corrected chi connectivity index (χ4v) is 6.06. The molecule has 43 heavy (non-hydrogen) atoms.